The van der Waals surface area contributed by atoms with Gasteiger partial charge in [-0.25, -0.2) is 0 Å². The van der Waals surface area contributed by atoms with Crippen molar-refractivity contribution in [2.75, 3.05) is 16.8 Å². The molecule has 0 radical (unpaired) electrons. The number of hydrogen-bond donors (Lipinski definition) is 0. The molecule has 0 aromatic carbocycles. The van der Waals surface area contributed by atoms with Crippen molar-refractivity contribution in [1.82, 2.24) is 10.2 Å². The van der Waals surface area contributed by atoms with Crippen LogP contribution in [0.1, 0.15) is 24.8 Å². The minimum atomic E-state index is 0.679. The third-order valence-corrected chi connectivity index (χ3v) is 3.27. The smallest absolute Gasteiger partial charge is 0.151 e. The zero-order valence-electron chi connectivity index (χ0n) is 8.99. The molecule has 2 rings (SSSR count). The monoisotopic (exact) mass is 269 g/mol. The van der Waals surface area contributed by atoms with Crippen LogP contribution in [0.15, 0.2) is 12.3 Å². The largest absolute Gasteiger partial charge is 0.351 e. The average molecular weight is 270 g/mol. The van der Waals surface area contributed by atoms with Crippen LogP contribution in [0.25, 0.3) is 0 Å². The predicted octanol–water partition coefficient (Wildman–Crippen LogP) is 2.54. The fourth-order valence-corrected chi connectivity index (χ4v) is 2.24. The predicted molar refractivity (Wildman–Crippen MR) is 65.5 cm³/mol. The Labute approximate surface area is 99.0 Å². The van der Waals surface area contributed by atoms with E-state index in [1.807, 2.05) is 0 Å². The zero-order valence-corrected chi connectivity index (χ0v) is 10.6. The Balaban J connectivity index is 2.15. The van der Waals surface area contributed by atoms with E-state index in [1.165, 1.54) is 24.8 Å². The van der Waals surface area contributed by atoms with Crippen molar-refractivity contribution in [1.29, 1.82) is 0 Å². The van der Waals surface area contributed by atoms with Gasteiger partial charge in [-0.1, -0.05) is 15.9 Å². The molecule has 82 valence electrons. The van der Waals surface area contributed by atoms with Crippen molar-refractivity contribution in [3.8, 4) is 0 Å². The van der Waals surface area contributed by atoms with E-state index in [9.17, 15) is 0 Å². The van der Waals surface area contributed by atoms with Crippen molar-refractivity contribution in [2.24, 2.45) is 0 Å². The molecule has 1 aliphatic rings. The summed E-state index contributed by atoms with van der Waals surface area (Å²) in [6, 6.07) is 2.80. The molecule has 0 bridgehead atoms. The van der Waals surface area contributed by atoms with Gasteiger partial charge in [0.05, 0.1) is 6.20 Å². The van der Waals surface area contributed by atoms with Gasteiger partial charge in [0.25, 0.3) is 0 Å². The molecule has 1 aliphatic carbocycles. The van der Waals surface area contributed by atoms with Crippen molar-refractivity contribution in [3.05, 3.63) is 17.8 Å². The molecule has 1 heterocycles. The van der Waals surface area contributed by atoms with Crippen LogP contribution >= 0.6 is 15.9 Å². The molecule has 0 amide bonds. The molecule has 0 saturated heterocycles. The molecule has 0 unspecified atom stereocenters. The maximum absolute atomic E-state index is 4.22. The van der Waals surface area contributed by atoms with Crippen LogP contribution in [0.5, 0.6) is 0 Å². The summed E-state index contributed by atoms with van der Waals surface area (Å²) in [7, 11) is 0. The van der Waals surface area contributed by atoms with Crippen molar-refractivity contribution in [2.45, 2.75) is 32.2 Å². The first-order valence-corrected chi connectivity index (χ1v) is 6.55. The van der Waals surface area contributed by atoms with Gasteiger partial charge in [0.15, 0.2) is 5.82 Å². The van der Waals surface area contributed by atoms with E-state index < -0.39 is 0 Å². The molecule has 0 spiro atoms. The quantitative estimate of drug-likeness (QED) is 0.787. The Kier molecular flexibility index (Phi) is 3.57. The van der Waals surface area contributed by atoms with Crippen LogP contribution in [0.4, 0.5) is 5.82 Å². The topological polar surface area (TPSA) is 29.0 Å². The summed E-state index contributed by atoms with van der Waals surface area (Å²) in [5.74, 6) is 1.03. The van der Waals surface area contributed by atoms with Crippen LogP contribution in [0, 0.1) is 6.92 Å². The number of hydrogen-bond acceptors (Lipinski definition) is 3. The number of nitrogens with zero attached hydrogens (tertiary/aromatic N) is 3. The molecule has 0 atom stereocenters. The second kappa shape index (κ2) is 4.92. The number of halogens is 1. The van der Waals surface area contributed by atoms with Crippen LogP contribution in [-0.4, -0.2) is 28.1 Å². The summed E-state index contributed by atoms with van der Waals surface area (Å²) in [4.78, 5) is 2.37. The summed E-state index contributed by atoms with van der Waals surface area (Å²) in [6.45, 7) is 3.08. The fraction of sp³-hybridized carbons (Fsp3) is 0.636. The van der Waals surface area contributed by atoms with Gasteiger partial charge in [-0.15, -0.1) is 5.10 Å². The minimum Gasteiger partial charge on any atom is -0.351 e. The van der Waals surface area contributed by atoms with Crippen LogP contribution in [0.3, 0.4) is 0 Å². The van der Waals surface area contributed by atoms with E-state index in [4.69, 9.17) is 0 Å². The van der Waals surface area contributed by atoms with Crippen LogP contribution in [-0.2, 0) is 0 Å². The SMILES string of the molecule is Cc1cnnc(N(CCBr)C2CCC2)c1. The van der Waals surface area contributed by atoms with E-state index in [-0.39, 0.29) is 0 Å². The number of rotatable bonds is 4. The van der Waals surface area contributed by atoms with E-state index >= 15 is 0 Å². The van der Waals surface area contributed by atoms with Gasteiger partial charge < -0.3 is 4.90 Å². The van der Waals surface area contributed by atoms with Gasteiger partial charge in [-0.2, -0.15) is 5.10 Å². The summed E-state index contributed by atoms with van der Waals surface area (Å²) in [6.07, 6.45) is 5.74. The molecule has 0 N–H and O–H groups in total. The number of aryl methyl sites for hydroxylation is 1. The Bertz CT molecular complexity index is 325. The van der Waals surface area contributed by atoms with Crippen molar-refractivity contribution in [3.63, 3.8) is 0 Å². The second-order valence-electron chi connectivity index (χ2n) is 4.06. The lowest BCUT2D eigenvalue weighted by Gasteiger charge is -2.37. The Hall–Kier alpha value is -0.640. The molecule has 3 nitrogen and oxygen atoms in total. The third-order valence-electron chi connectivity index (χ3n) is 2.91. The van der Waals surface area contributed by atoms with Crippen molar-refractivity contribution >= 4 is 21.7 Å². The second-order valence-corrected chi connectivity index (χ2v) is 4.85. The maximum atomic E-state index is 4.22. The van der Waals surface area contributed by atoms with Crippen LogP contribution < -0.4 is 4.90 Å². The lowest BCUT2D eigenvalue weighted by atomic mass is 9.91. The Morgan fingerprint density at radius 3 is 2.87 bits per heavy atom. The molecule has 1 aromatic rings. The molecule has 1 saturated carbocycles. The van der Waals surface area contributed by atoms with Crippen LogP contribution in [0.2, 0.25) is 0 Å². The van der Waals surface area contributed by atoms with Gasteiger partial charge in [0, 0.05) is 17.9 Å². The lowest BCUT2D eigenvalue weighted by Crippen LogP contribution is -2.42. The Morgan fingerprint density at radius 1 is 1.53 bits per heavy atom. The zero-order chi connectivity index (χ0) is 10.7. The lowest BCUT2D eigenvalue weighted by molar-refractivity contribution is 0.388. The first kappa shape index (κ1) is 10.9. The standard InChI is InChI=1S/C11H16BrN3/c1-9-7-11(14-13-8-9)15(6-5-12)10-3-2-4-10/h7-8,10H,2-6H2,1H3. The highest BCUT2D eigenvalue weighted by molar-refractivity contribution is 9.09. The first-order valence-electron chi connectivity index (χ1n) is 5.43. The summed E-state index contributed by atoms with van der Waals surface area (Å²) < 4.78 is 0. The average Bonchev–Trinajstić information content (AvgIpc) is 2.14. The minimum absolute atomic E-state index is 0.679. The summed E-state index contributed by atoms with van der Waals surface area (Å²) >= 11 is 3.50. The van der Waals surface area contributed by atoms with E-state index in [0.29, 0.717) is 6.04 Å². The van der Waals surface area contributed by atoms with E-state index in [1.54, 1.807) is 6.20 Å². The van der Waals surface area contributed by atoms with E-state index in [0.717, 1.165) is 17.7 Å². The maximum Gasteiger partial charge on any atom is 0.151 e. The number of aromatic nitrogens is 2. The third kappa shape index (κ3) is 2.48. The molecule has 15 heavy (non-hydrogen) atoms. The highest BCUT2D eigenvalue weighted by atomic mass is 79.9. The molecule has 4 heteroatoms. The molecular formula is C11H16BrN3. The van der Waals surface area contributed by atoms with Crippen molar-refractivity contribution < 1.29 is 0 Å². The highest BCUT2D eigenvalue weighted by Gasteiger charge is 2.25. The summed E-state index contributed by atoms with van der Waals surface area (Å²) in [5, 5.41) is 9.22. The molecule has 1 aromatic heterocycles. The molecule has 1 fully saturated rings. The van der Waals surface area contributed by atoms with Gasteiger partial charge in [-0.05, 0) is 37.8 Å². The first-order chi connectivity index (χ1) is 7.31. The van der Waals surface area contributed by atoms with Gasteiger partial charge in [-0.3, -0.25) is 0 Å². The normalized spacial score (nSPS) is 16.1. The van der Waals surface area contributed by atoms with Gasteiger partial charge in [0.1, 0.15) is 0 Å². The van der Waals surface area contributed by atoms with Gasteiger partial charge >= 0.3 is 0 Å². The number of alkyl halides is 1. The Morgan fingerprint density at radius 2 is 2.33 bits per heavy atom. The summed E-state index contributed by atoms with van der Waals surface area (Å²) in [5.41, 5.74) is 1.18. The number of anilines is 1. The highest BCUT2D eigenvalue weighted by Crippen LogP contribution is 2.28. The fourth-order valence-electron chi connectivity index (χ4n) is 1.86. The van der Waals surface area contributed by atoms with Gasteiger partial charge in [0.2, 0.25) is 0 Å². The molecule has 0 aliphatic heterocycles. The van der Waals surface area contributed by atoms with E-state index in [2.05, 4.69) is 44.0 Å². The molecular weight excluding hydrogens is 254 g/mol.